The van der Waals surface area contributed by atoms with Crippen molar-refractivity contribution in [2.75, 3.05) is 19.0 Å². The summed E-state index contributed by atoms with van der Waals surface area (Å²) in [5.74, 6) is 0.762. The third kappa shape index (κ3) is 4.63. The maximum Gasteiger partial charge on any atom is 0.239 e. The third-order valence-electron chi connectivity index (χ3n) is 3.09. The van der Waals surface area contributed by atoms with Crippen LogP contribution in [0.25, 0.3) is 0 Å². The lowest BCUT2D eigenvalue weighted by atomic mass is 9.99. The zero-order valence-electron chi connectivity index (χ0n) is 12.6. The van der Waals surface area contributed by atoms with Crippen LogP contribution in [-0.4, -0.2) is 57.3 Å². The number of aliphatic hydroxyl groups excluding tert-OH is 1. The molecule has 0 aliphatic carbocycles. The van der Waals surface area contributed by atoms with E-state index < -0.39 is 6.10 Å². The first-order chi connectivity index (χ1) is 8.57. The standard InChI is InChI=1S/C13H27N3O2S/c1-12(2,3)15-11(18)10-13(4,5)19-8-16(10)7-9(17)6-14/h9-10,17H,6-8,14H2,1-5H3,(H,15,18)/t9-,10+/m0/s1. The van der Waals surface area contributed by atoms with Crippen LogP contribution in [0.5, 0.6) is 0 Å². The van der Waals surface area contributed by atoms with E-state index in [1.54, 1.807) is 11.8 Å². The minimum atomic E-state index is -0.584. The molecule has 0 aromatic heterocycles. The topological polar surface area (TPSA) is 78.6 Å². The van der Waals surface area contributed by atoms with Crippen LogP contribution in [0.4, 0.5) is 0 Å². The molecule has 0 radical (unpaired) electrons. The number of carbonyl (C=O) groups is 1. The van der Waals surface area contributed by atoms with E-state index in [0.29, 0.717) is 6.54 Å². The Bertz CT molecular complexity index is 328. The predicted octanol–water partition coefficient (Wildman–Crippen LogP) is 0.374. The minimum Gasteiger partial charge on any atom is -0.390 e. The van der Waals surface area contributed by atoms with Crippen molar-refractivity contribution in [2.24, 2.45) is 5.73 Å². The van der Waals surface area contributed by atoms with Gasteiger partial charge in [0.2, 0.25) is 5.91 Å². The summed E-state index contributed by atoms with van der Waals surface area (Å²) in [6, 6.07) is -0.238. The fourth-order valence-corrected chi connectivity index (χ4v) is 3.43. The van der Waals surface area contributed by atoms with Gasteiger partial charge in [-0.05, 0) is 34.6 Å². The number of carbonyl (C=O) groups excluding carboxylic acids is 1. The quantitative estimate of drug-likeness (QED) is 0.697. The average molecular weight is 289 g/mol. The molecule has 0 saturated carbocycles. The first-order valence-corrected chi connectivity index (χ1v) is 7.63. The Morgan fingerprint density at radius 2 is 2.16 bits per heavy atom. The predicted molar refractivity (Wildman–Crippen MR) is 80.0 cm³/mol. The number of nitrogens with one attached hydrogen (secondary N) is 1. The molecule has 0 unspecified atom stereocenters. The normalized spacial score (nSPS) is 25.3. The Kier molecular flexibility index (Phi) is 5.28. The Hall–Kier alpha value is -0.300. The van der Waals surface area contributed by atoms with Crippen LogP contribution < -0.4 is 11.1 Å². The number of thioether (sulfide) groups is 1. The highest BCUT2D eigenvalue weighted by molar-refractivity contribution is 8.00. The number of β-amino-alcohol motifs (C(OH)–C–C–N with tert-alkyl or cyclic N) is 1. The molecular weight excluding hydrogens is 262 g/mol. The van der Waals surface area contributed by atoms with E-state index >= 15 is 0 Å². The molecule has 1 rings (SSSR count). The number of rotatable bonds is 4. The van der Waals surface area contributed by atoms with Crippen LogP contribution in [-0.2, 0) is 4.79 Å². The van der Waals surface area contributed by atoms with Crippen molar-refractivity contribution in [2.45, 2.75) is 57.1 Å². The molecule has 1 amide bonds. The molecule has 0 bridgehead atoms. The van der Waals surface area contributed by atoms with Crippen molar-refractivity contribution in [3.63, 3.8) is 0 Å². The van der Waals surface area contributed by atoms with E-state index in [-0.39, 0.29) is 28.8 Å². The lowest BCUT2D eigenvalue weighted by molar-refractivity contribution is -0.128. The minimum absolute atomic E-state index is 0.0201. The molecule has 1 fully saturated rings. The molecule has 0 aromatic carbocycles. The molecular formula is C13H27N3O2S. The maximum atomic E-state index is 12.5. The third-order valence-corrected chi connectivity index (χ3v) is 4.52. The number of nitrogens with zero attached hydrogens (tertiary/aromatic N) is 1. The molecule has 1 heterocycles. The van der Waals surface area contributed by atoms with E-state index in [1.165, 1.54) is 0 Å². The Morgan fingerprint density at radius 1 is 1.58 bits per heavy atom. The highest BCUT2D eigenvalue weighted by atomic mass is 32.2. The molecule has 5 nitrogen and oxygen atoms in total. The average Bonchev–Trinajstić information content (AvgIpc) is 2.51. The van der Waals surface area contributed by atoms with E-state index in [9.17, 15) is 9.90 Å². The summed E-state index contributed by atoms with van der Waals surface area (Å²) in [7, 11) is 0. The zero-order chi connectivity index (χ0) is 14.8. The second kappa shape index (κ2) is 5.99. The monoisotopic (exact) mass is 289 g/mol. The Morgan fingerprint density at radius 3 is 2.63 bits per heavy atom. The summed E-state index contributed by atoms with van der Waals surface area (Å²) < 4.78 is -0.163. The van der Waals surface area contributed by atoms with Crippen LogP contribution in [0.2, 0.25) is 0 Å². The van der Waals surface area contributed by atoms with Gasteiger partial charge in [-0.3, -0.25) is 9.69 Å². The van der Waals surface area contributed by atoms with Gasteiger partial charge in [0, 0.05) is 29.3 Å². The molecule has 4 N–H and O–H groups in total. The smallest absolute Gasteiger partial charge is 0.239 e. The van der Waals surface area contributed by atoms with E-state index in [0.717, 1.165) is 5.88 Å². The largest absolute Gasteiger partial charge is 0.390 e. The second-order valence-corrected chi connectivity index (χ2v) is 8.28. The van der Waals surface area contributed by atoms with Gasteiger partial charge in [-0.15, -0.1) is 11.8 Å². The summed E-state index contributed by atoms with van der Waals surface area (Å²) in [4.78, 5) is 14.5. The van der Waals surface area contributed by atoms with Crippen molar-refractivity contribution in [1.82, 2.24) is 10.2 Å². The highest BCUT2D eigenvalue weighted by Gasteiger charge is 2.46. The van der Waals surface area contributed by atoms with Crippen LogP contribution in [0, 0.1) is 0 Å². The van der Waals surface area contributed by atoms with Gasteiger partial charge in [0.05, 0.1) is 6.10 Å². The van der Waals surface area contributed by atoms with Crippen molar-refractivity contribution < 1.29 is 9.90 Å². The molecule has 1 aliphatic heterocycles. The van der Waals surface area contributed by atoms with E-state index in [2.05, 4.69) is 19.2 Å². The number of hydrogen-bond acceptors (Lipinski definition) is 5. The van der Waals surface area contributed by atoms with Gasteiger partial charge in [0.25, 0.3) is 0 Å². The fourth-order valence-electron chi connectivity index (χ4n) is 2.27. The molecule has 0 spiro atoms. The molecule has 1 saturated heterocycles. The van der Waals surface area contributed by atoms with Crippen LogP contribution in [0.3, 0.4) is 0 Å². The molecule has 6 heteroatoms. The summed E-state index contributed by atoms with van der Waals surface area (Å²) in [6.45, 7) is 10.7. The first kappa shape index (κ1) is 16.8. The van der Waals surface area contributed by atoms with Gasteiger partial charge in [-0.25, -0.2) is 0 Å². The number of hydrogen-bond donors (Lipinski definition) is 3. The molecule has 1 aliphatic rings. The molecule has 0 aromatic rings. The van der Waals surface area contributed by atoms with Crippen molar-refractivity contribution in [3.05, 3.63) is 0 Å². The summed E-state index contributed by atoms with van der Waals surface area (Å²) in [5.41, 5.74) is 5.21. The molecule has 2 atom stereocenters. The van der Waals surface area contributed by atoms with Crippen molar-refractivity contribution in [3.8, 4) is 0 Å². The SMILES string of the molecule is CC(C)(C)NC(=O)[C@H]1N(C[C@@H](O)CN)CSC1(C)C. The molecule has 19 heavy (non-hydrogen) atoms. The fraction of sp³-hybridized carbons (Fsp3) is 0.923. The Balaban J connectivity index is 2.81. The summed E-state index contributed by atoms with van der Waals surface area (Å²) in [6.07, 6.45) is -0.584. The summed E-state index contributed by atoms with van der Waals surface area (Å²) >= 11 is 1.74. The maximum absolute atomic E-state index is 12.5. The van der Waals surface area contributed by atoms with Crippen LogP contribution >= 0.6 is 11.8 Å². The van der Waals surface area contributed by atoms with Gasteiger partial charge in [0.1, 0.15) is 6.04 Å². The van der Waals surface area contributed by atoms with Crippen molar-refractivity contribution >= 4 is 17.7 Å². The first-order valence-electron chi connectivity index (χ1n) is 6.65. The molecule has 112 valence electrons. The van der Waals surface area contributed by atoms with Gasteiger partial charge < -0.3 is 16.2 Å². The van der Waals surface area contributed by atoms with Gasteiger partial charge in [-0.2, -0.15) is 0 Å². The second-order valence-electron chi connectivity index (χ2n) is 6.68. The van der Waals surface area contributed by atoms with E-state index in [1.807, 2.05) is 25.7 Å². The lowest BCUT2D eigenvalue weighted by Gasteiger charge is -2.33. The van der Waals surface area contributed by atoms with E-state index in [4.69, 9.17) is 5.73 Å². The van der Waals surface area contributed by atoms with Crippen LogP contribution in [0.1, 0.15) is 34.6 Å². The van der Waals surface area contributed by atoms with Gasteiger partial charge >= 0.3 is 0 Å². The highest BCUT2D eigenvalue weighted by Crippen LogP contribution is 2.39. The Labute approximate surface area is 120 Å². The van der Waals surface area contributed by atoms with Crippen molar-refractivity contribution in [1.29, 1.82) is 0 Å². The number of nitrogens with two attached hydrogens (primary N) is 1. The van der Waals surface area contributed by atoms with Gasteiger partial charge in [0.15, 0.2) is 0 Å². The lowest BCUT2D eigenvalue weighted by Crippen LogP contribution is -2.56. The zero-order valence-corrected chi connectivity index (χ0v) is 13.4. The number of amides is 1. The van der Waals surface area contributed by atoms with Gasteiger partial charge in [-0.1, -0.05) is 0 Å². The number of aliphatic hydroxyl groups is 1. The summed E-state index contributed by atoms with van der Waals surface area (Å²) in [5, 5.41) is 12.7. The van der Waals surface area contributed by atoms with Crippen LogP contribution in [0.15, 0.2) is 0 Å².